The largest absolute Gasteiger partial charge is 0.332 e. The highest BCUT2D eigenvalue weighted by Gasteiger charge is 2.14. The number of fused-ring (bicyclic) bond motifs is 1. The van der Waals surface area contributed by atoms with E-state index in [1.165, 1.54) is 11.3 Å². The van der Waals surface area contributed by atoms with E-state index < -0.39 is 0 Å². The van der Waals surface area contributed by atoms with Crippen molar-refractivity contribution in [1.82, 2.24) is 25.1 Å². The predicted molar refractivity (Wildman–Crippen MR) is 131 cm³/mol. The summed E-state index contributed by atoms with van der Waals surface area (Å²) >= 11 is 8.95. The molecule has 4 rings (SSSR count). The Balaban J connectivity index is 1.49. The second-order valence-electron chi connectivity index (χ2n) is 6.49. The number of benzene rings is 2. The molecule has 0 unspecified atom stereocenters. The summed E-state index contributed by atoms with van der Waals surface area (Å²) in [5.41, 5.74) is 3.39. The van der Waals surface area contributed by atoms with E-state index in [0.717, 1.165) is 42.6 Å². The topological polar surface area (TPSA) is 84.2 Å². The maximum atomic E-state index is 12.4. The molecule has 4 aromatic rings. The molecule has 2 aromatic heterocycles. The number of halogens is 1. The molecule has 0 saturated heterocycles. The van der Waals surface area contributed by atoms with Gasteiger partial charge < -0.3 is 5.32 Å². The Hall–Kier alpha value is -2.44. The molecule has 0 radical (unpaired) electrons. The summed E-state index contributed by atoms with van der Waals surface area (Å²) in [6.45, 7) is 4.01. The first-order valence-electron chi connectivity index (χ1n) is 9.15. The quantitative estimate of drug-likeness (QED) is 0.290. The van der Waals surface area contributed by atoms with Crippen LogP contribution in [-0.4, -0.2) is 30.8 Å². The smallest absolute Gasteiger partial charge is 0.258 e. The van der Waals surface area contributed by atoms with E-state index in [4.69, 9.17) is 12.2 Å². The van der Waals surface area contributed by atoms with E-state index in [2.05, 4.69) is 48.5 Å². The van der Waals surface area contributed by atoms with Crippen LogP contribution in [0.25, 0.3) is 15.5 Å². The van der Waals surface area contributed by atoms with E-state index in [1.54, 1.807) is 10.6 Å². The van der Waals surface area contributed by atoms with Crippen LogP contribution in [-0.2, 0) is 6.42 Å². The van der Waals surface area contributed by atoms with Gasteiger partial charge in [0.25, 0.3) is 5.91 Å². The van der Waals surface area contributed by atoms with Gasteiger partial charge in [0.2, 0.25) is 4.96 Å². The Bertz CT molecular complexity index is 1270. The summed E-state index contributed by atoms with van der Waals surface area (Å²) in [5.74, 6) is 0.606. The molecule has 0 aliphatic heterocycles. The lowest BCUT2D eigenvalue weighted by Crippen LogP contribution is -2.34. The highest BCUT2D eigenvalue weighted by atomic mass is 127. The van der Waals surface area contributed by atoms with Gasteiger partial charge in [-0.1, -0.05) is 30.4 Å². The first kappa shape index (κ1) is 20.8. The molecule has 0 spiro atoms. The third-order valence-electron chi connectivity index (χ3n) is 4.44. The molecule has 2 heterocycles. The maximum absolute atomic E-state index is 12.4. The fraction of sp³-hybridized carbons (Fsp3) is 0.150. The van der Waals surface area contributed by atoms with Gasteiger partial charge in [0, 0.05) is 21.2 Å². The number of aromatic nitrogens is 4. The second kappa shape index (κ2) is 8.74. The maximum Gasteiger partial charge on any atom is 0.258 e. The summed E-state index contributed by atoms with van der Waals surface area (Å²) < 4.78 is 2.66. The van der Waals surface area contributed by atoms with Gasteiger partial charge in [-0.05, 0) is 77.6 Å². The lowest BCUT2D eigenvalue weighted by molar-refractivity contribution is 0.0977. The minimum Gasteiger partial charge on any atom is -0.332 e. The zero-order valence-electron chi connectivity index (χ0n) is 16.1. The fourth-order valence-corrected chi connectivity index (χ4v) is 4.59. The predicted octanol–water partition coefficient (Wildman–Crippen LogP) is 4.46. The summed E-state index contributed by atoms with van der Waals surface area (Å²) in [4.78, 5) is 13.2. The third-order valence-corrected chi connectivity index (χ3v) is 6.53. The number of aryl methyl sites for hydroxylation is 2. The standard InChI is InChI=1S/C20H17IN6OS2/c1-3-16-24-25-20-27(16)26-18(30-20)12-8-9-15(11(2)10-12)22-19(29)23-17(28)13-6-4-5-7-14(13)21/h4-10H,3H2,1-2H3,(H2,22,23,28,29). The number of thiocarbonyl (C=S) groups is 1. The molecule has 0 saturated carbocycles. The number of carbonyl (C=O) groups is 1. The fourth-order valence-electron chi connectivity index (χ4n) is 2.90. The highest BCUT2D eigenvalue weighted by molar-refractivity contribution is 14.1. The average molecular weight is 548 g/mol. The van der Waals surface area contributed by atoms with Crippen molar-refractivity contribution in [3.05, 3.63) is 63.0 Å². The van der Waals surface area contributed by atoms with Crippen molar-refractivity contribution in [3.8, 4) is 10.6 Å². The van der Waals surface area contributed by atoms with Crippen LogP contribution in [0.1, 0.15) is 28.7 Å². The van der Waals surface area contributed by atoms with Crippen LogP contribution in [0.15, 0.2) is 42.5 Å². The monoisotopic (exact) mass is 548 g/mol. The molecule has 7 nitrogen and oxygen atoms in total. The number of amides is 1. The molecular formula is C20H17IN6OS2. The van der Waals surface area contributed by atoms with Gasteiger partial charge in [0.05, 0.1) is 5.56 Å². The minimum atomic E-state index is -0.238. The number of anilines is 1. The summed E-state index contributed by atoms with van der Waals surface area (Å²) in [5, 5.41) is 19.9. The number of hydrogen-bond acceptors (Lipinski definition) is 6. The van der Waals surface area contributed by atoms with Crippen LogP contribution >= 0.6 is 46.1 Å². The second-order valence-corrected chi connectivity index (χ2v) is 9.02. The number of hydrogen-bond donors (Lipinski definition) is 2. The molecule has 2 aromatic carbocycles. The summed E-state index contributed by atoms with van der Waals surface area (Å²) in [7, 11) is 0. The molecule has 0 atom stereocenters. The summed E-state index contributed by atoms with van der Waals surface area (Å²) in [6.07, 6.45) is 0.775. The van der Waals surface area contributed by atoms with Gasteiger partial charge in [-0.2, -0.15) is 9.61 Å². The van der Waals surface area contributed by atoms with Crippen molar-refractivity contribution in [2.45, 2.75) is 20.3 Å². The Morgan fingerprint density at radius 3 is 2.77 bits per heavy atom. The van der Waals surface area contributed by atoms with Crippen LogP contribution in [0.2, 0.25) is 0 Å². The highest BCUT2D eigenvalue weighted by Crippen LogP contribution is 2.28. The van der Waals surface area contributed by atoms with Crippen LogP contribution in [0.5, 0.6) is 0 Å². The minimum absolute atomic E-state index is 0.238. The van der Waals surface area contributed by atoms with Crippen molar-refractivity contribution >= 4 is 67.8 Å². The number of nitrogens with one attached hydrogen (secondary N) is 2. The molecule has 0 fully saturated rings. The zero-order chi connectivity index (χ0) is 21.3. The molecule has 2 N–H and O–H groups in total. The van der Waals surface area contributed by atoms with E-state index >= 15 is 0 Å². The Labute approximate surface area is 196 Å². The lowest BCUT2D eigenvalue weighted by atomic mass is 10.1. The number of nitrogens with zero attached hydrogens (tertiary/aromatic N) is 4. The molecule has 0 bridgehead atoms. The molecule has 10 heteroatoms. The average Bonchev–Trinajstić information content (AvgIpc) is 3.30. The van der Waals surface area contributed by atoms with Gasteiger partial charge in [-0.15, -0.1) is 10.2 Å². The van der Waals surface area contributed by atoms with Crippen LogP contribution in [0.4, 0.5) is 5.69 Å². The number of rotatable bonds is 4. The van der Waals surface area contributed by atoms with Crippen molar-refractivity contribution in [2.24, 2.45) is 0 Å². The molecule has 1 amide bonds. The van der Waals surface area contributed by atoms with E-state index in [0.29, 0.717) is 5.56 Å². The van der Waals surface area contributed by atoms with E-state index in [1.807, 2.05) is 50.2 Å². The first-order valence-corrected chi connectivity index (χ1v) is 11.5. The van der Waals surface area contributed by atoms with Crippen molar-refractivity contribution in [1.29, 1.82) is 0 Å². The van der Waals surface area contributed by atoms with Crippen LogP contribution < -0.4 is 10.6 Å². The third kappa shape index (κ3) is 4.20. The number of carbonyl (C=O) groups excluding carboxylic acids is 1. The van der Waals surface area contributed by atoms with Gasteiger partial charge in [-0.25, -0.2) is 0 Å². The Morgan fingerprint density at radius 2 is 2.03 bits per heavy atom. The molecule has 30 heavy (non-hydrogen) atoms. The van der Waals surface area contributed by atoms with Gasteiger partial charge in [0.15, 0.2) is 10.9 Å². The summed E-state index contributed by atoms with van der Waals surface area (Å²) in [6, 6.07) is 13.3. The molecule has 0 aliphatic carbocycles. The van der Waals surface area contributed by atoms with Gasteiger partial charge >= 0.3 is 0 Å². The van der Waals surface area contributed by atoms with Crippen molar-refractivity contribution < 1.29 is 4.79 Å². The van der Waals surface area contributed by atoms with Crippen LogP contribution in [0, 0.1) is 10.5 Å². The van der Waals surface area contributed by atoms with Gasteiger partial charge in [0.1, 0.15) is 5.01 Å². The first-order chi connectivity index (χ1) is 14.5. The van der Waals surface area contributed by atoms with E-state index in [9.17, 15) is 4.79 Å². The lowest BCUT2D eigenvalue weighted by Gasteiger charge is -2.13. The van der Waals surface area contributed by atoms with E-state index in [-0.39, 0.29) is 11.0 Å². The SMILES string of the molecule is CCc1nnc2sc(-c3ccc(NC(=S)NC(=O)c4ccccc4I)c(C)c3)nn12. The molecule has 0 aliphatic rings. The Morgan fingerprint density at radius 1 is 1.23 bits per heavy atom. The normalized spacial score (nSPS) is 10.9. The van der Waals surface area contributed by atoms with Crippen molar-refractivity contribution in [3.63, 3.8) is 0 Å². The van der Waals surface area contributed by atoms with Crippen molar-refractivity contribution in [2.75, 3.05) is 5.32 Å². The van der Waals surface area contributed by atoms with Crippen LogP contribution in [0.3, 0.4) is 0 Å². The zero-order valence-corrected chi connectivity index (χ0v) is 19.9. The Kier molecular flexibility index (Phi) is 6.06. The molecule has 152 valence electrons. The molecular weight excluding hydrogens is 531 g/mol. The van der Waals surface area contributed by atoms with Gasteiger partial charge in [-0.3, -0.25) is 10.1 Å².